The van der Waals surface area contributed by atoms with Crippen LogP contribution in [0.1, 0.15) is 19.3 Å². The molecule has 2 N–H and O–H groups in total. The number of aromatic nitrogens is 3. The van der Waals surface area contributed by atoms with E-state index in [0.29, 0.717) is 28.4 Å². The molecule has 0 amide bonds. The van der Waals surface area contributed by atoms with Gasteiger partial charge in [0.25, 0.3) is 0 Å². The number of fused-ring (bicyclic) bond motifs is 1. The first-order valence-corrected chi connectivity index (χ1v) is 10.1. The number of benzene rings is 1. The lowest BCUT2D eigenvalue weighted by atomic mass is 10.0. The lowest BCUT2D eigenvalue weighted by molar-refractivity contribution is 0.0430. The van der Waals surface area contributed by atoms with Gasteiger partial charge in [0.05, 0.1) is 5.69 Å². The van der Waals surface area contributed by atoms with Crippen molar-refractivity contribution in [3.05, 3.63) is 36.5 Å². The van der Waals surface area contributed by atoms with E-state index in [1.165, 1.54) is 0 Å². The summed E-state index contributed by atoms with van der Waals surface area (Å²) in [6.07, 6.45) is 4.80. The van der Waals surface area contributed by atoms with E-state index in [-0.39, 0.29) is 5.75 Å². The Hall–Kier alpha value is -2.58. The average Bonchev–Trinajstić information content (AvgIpc) is 3.13. The van der Waals surface area contributed by atoms with Gasteiger partial charge in [0, 0.05) is 43.6 Å². The second kappa shape index (κ2) is 8.84. The molecular weight excluding hydrogens is 365 g/mol. The minimum Gasteiger partial charge on any atom is -0.507 e. The average molecular weight is 391 g/mol. The fourth-order valence-electron chi connectivity index (χ4n) is 3.79. The molecule has 0 spiro atoms. The zero-order valence-electron chi connectivity index (χ0n) is 16.7. The van der Waals surface area contributed by atoms with Gasteiger partial charge in [0.15, 0.2) is 5.65 Å². The summed E-state index contributed by atoms with van der Waals surface area (Å²) in [5.74, 6) is 0.991. The van der Waals surface area contributed by atoms with Gasteiger partial charge in [-0.05, 0) is 50.5 Å². The first kappa shape index (κ1) is 19.7. The van der Waals surface area contributed by atoms with Crippen LogP contribution in [-0.2, 0) is 4.74 Å². The van der Waals surface area contributed by atoms with E-state index in [9.17, 15) is 5.11 Å². The number of hydrogen-bond acceptors (Lipinski definition) is 6. The van der Waals surface area contributed by atoms with E-state index in [0.717, 1.165) is 51.4 Å². The van der Waals surface area contributed by atoms with Crippen LogP contribution in [0.5, 0.6) is 5.75 Å². The third-order valence-corrected chi connectivity index (χ3v) is 5.49. The Morgan fingerprint density at radius 2 is 2.10 bits per heavy atom. The van der Waals surface area contributed by atoms with Crippen molar-refractivity contribution in [3.8, 4) is 17.0 Å². The van der Waals surface area contributed by atoms with Gasteiger partial charge in [-0.2, -0.15) is 9.61 Å². The smallest absolute Gasteiger partial charge is 0.150 e. The van der Waals surface area contributed by atoms with E-state index in [1.807, 2.05) is 18.2 Å². The van der Waals surface area contributed by atoms with Gasteiger partial charge < -0.3 is 20.1 Å². The molecule has 7 nitrogen and oxygen atoms in total. The second-order valence-electron chi connectivity index (χ2n) is 7.48. The highest BCUT2D eigenvalue weighted by Gasteiger charge is 2.18. The third kappa shape index (κ3) is 4.38. The number of anilines is 1. The summed E-state index contributed by atoms with van der Waals surface area (Å²) < 4.78 is 7.16. The van der Waals surface area contributed by atoms with Crippen molar-refractivity contribution in [1.82, 2.24) is 19.5 Å². The number of nitrogens with one attached hydrogen (secondary N) is 1. The number of rotatable bonds is 7. The van der Waals surface area contributed by atoms with Crippen LogP contribution >= 0.6 is 0 Å². The lowest BCUT2D eigenvalue weighted by Crippen LogP contribution is -2.37. The molecule has 3 heterocycles. The molecule has 0 unspecified atom stereocenters. The van der Waals surface area contributed by atoms with Crippen LogP contribution in [0.15, 0.2) is 36.5 Å². The zero-order valence-corrected chi connectivity index (χ0v) is 16.7. The van der Waals surface area contributed by atoms with Crippen LogP contribution < -0.4 is 10.8 Å². The molecule has 2 aromatic heterocycles. The molecule has 150 valence electrons. The van der Waals surface area contributed by atoms with Crippen molar-refractivity contribution in [2.75, 3.05) is 38.7 Å². The number of para-hydroxylation sites is 1. The van der Waals surface area contributed by atoms with Crippen molar-refractivity contribution >= 4 is 24.8 Å². The van der Waals surface area contributed by atoms with Gasteiger partial charge in [-0.25, -0.2) is 4.98 Å². The fourth-order valence-corrected chi connectivity index (χ4v) is 3.79. The maximum absolute atomic E-state index is 10.2. The Kier molecular flexibility index (Phi) is 6.01. The Morgan fingerprint density at radius 3 is 2.90 bits per heavy atom. The number of hydrogen-bond donors (Lipinski definition) is 2. The molecule has 1 aliphatic rings. The van der Waals surface area contributed by atoms with Gasteiger partial charge in [-0.3, -0.25) is 0 Å². The predicted octanol–water partition coefficient (Wildman–Crippen LogP) is 1.81. The van der Waals surface area contributed by atoms with E-state index in [2.05, 4.69) is 27.3 Å². The first-order valence-electron chi connectivity index (χ1n) is 10.1. The summed E-state index contributed by atoms with van der Waals surface area (Å²) >= 11 is 0. The summed E-state index contributed by atoms with van der Waals surface area (Å²) in [5.41, 5.74) is 2.40. The summed E-state index contributed by atoms with van der Waals surface area (Å²) in [6, 6.07) is 9.66. The van der Waals surface area contributed by atoms with Crippen LogP contribution in [0.3, 0.4) is 0 Å². The van der Waals surface area contributed by atoms with Crippen molar-refractivity contribution in [3.63, 3.8) is 0 Å². The molecule has 0 bridgehead atoms. The Balaban J connectivity index is 1.47. The Bertz CT molecular complexity index is 971. The molecule has 1 aromatic carbocycles. The van der Waals surface area contributed by atoms with Crippen molar-refractivity contribution < 1.29 is 9.84 Å². The van der Waals surface area contributed by atoms with Crippen molar-refractivity contribution in [2.24, 2.45) is 0 Å². The number of nitrogens with zero attached hydrogens (tertiary/aromatic N) is 4. The third-order valence-electron chi connectivity index (χ3n) is 5.49. The summed E-state index contributed by atoms with van der Waals surface area (Å²) in [5, 5.41) is 18.0. The monoisotopic (exact) mass is 391 g/mol. The van der Waals surface area contributed by atoms with Gasteiger partial charge in [-0.15, -0.1) is 0 Å². The van der Waals surface area contributed by atoms with Crippen LogP contribution in [0.2, 0.25) is 0 Å². The standard InChI is InChI=1S/C21H26BN5O2/c1-26(15-7-11-29-12-8-15)10-4-9-23-20-13-18(16-5-2-3-6-19(16)28)25-21-17(22)14-24-27(20)21/h2-3,5-6,13-15,23,28H,4,7-12H2,1H3. The van der Waals surface area contributed by atoms with Crippen molar-refractivity contribution in [1.29, 1.82) is 0 Å². The minimum atomic E-state index is 0.187. The highest BCUT2D eigenvalue weighted by atomic mass is 16.5. The number of phenols is 1. The Labute approximate surface area is 172 Å². The van der Waals surface area contributed by atoms with Crippen molar-refractivity contribution in [2.45, 2.75) is 25.3 Å². The lowest BCUT2D eigenvalue weighted by Gasteiger charge is -2.31. The molecule has 0 saturated carbocycles. The van der Waals surface area contributed by atoms with Gasteiger partial charge in [0.2, 0.25) is 0 Å². The van der Waals surface area contributed by atoms with Gasteiger partial charge in [-0.1, -0.05) is 12.1 Å². The summed E-state index contributed by atoms with van der Waals surface area (Å²) in [7, 11) is 8.24. The minimum absolute atomic E-state index is 0.187. The molecule has 1 fully saturated rings. The zero-order chi connectivity index (χ0) is 20.2. The molecule has 29 heavy (non-hydrogen) atoms. The van der Waals surface area contributed by atoms with E-state index in [1.54, 1.807) is 22.8 Å². The largest absolute Gasteiger partial charge is 0.507 e. The quantitative estimate of drug-likeness (QED) is 0.473. The van der Waals surface area contributed by atoms with Crippen LogP contribution in [0.4, 0.5) is 5.82 Å². The van der Waals surface area contributed by atoms with E-state index >= 15 is 0 Å². The van der Waals surface area contributed by atoms with Crippen LogP contribution in [0, 0.1) is 0 Å². The molecule has 8 heteroatoms. The predicted molar refractivity (Wildman–Crippen MR) is 115 cm³/mol. The molecule has 3 aromatic rings. The summed E-state index contributed by atoms with van der Waals surface area (Å²) in [6.45, 7) is 3.53. The first-order chi connectivity index (χ1) is 14.1. The molecule has 1 aliphatic heterocycles. The Morgan fingerprint density at radius 1 is 1.31 bits per heavy atom. The summed E-state index contributed by atoms with van der Waals surface area (Å²) in [4.78, 5) is 7.02. The molecular formula is C21H26BN5O2. The number of ether oxygens (including phenoxy) is 1. The van der Waals surface area contributed by atoms with Gasteiger partial charge in [0.1, 0.15) is 19.4 Å². The highest BCUT2D eigenvalue weighted by Crippen LogP contribution is 2.29. The molecule has 4 rings (SSSR count). The normalized spacial score (nSPS) is 15.2. The number of aromatic hydroxyl groups is 1. The SMILES string of the molecule is [B]c1cnn2c(NCCCN(C)C3CCOCC3)cc(-c3ccccc3O)nc12. The maximum atomic E-state index is 10.2. The molecule has 0 aliphatic carbocycles. The fraction of sp³-hybridized carbons (Fsp3) is 0.429. The van der Waals surface area contributed by atoms with Crippen LogP contribution in [-0.4, -0.2) is 71.8 Å². The molecule has 1 saturated heterocycles. The van der Waals surface area contributed by atoms with E-state index < -0.39 is 0 Å². The second-order valence-corrected chi connectivity index (χ2v) is 7.48. The van der Waals surface area contributed by atoms with E-state index in [4.69, 9.17) is 12.6 Å². The van der Waals surface area contributed by atoms with Gasteiger partial charge >= 0.3 is 0 Å². The maximum Gasteiger partial charge on any atom is 0.150 e. The number of phenolic OH excluding ortho intramolecular Hbond substituents is 1. The van der Waals surface area contributed by atoms with Crippen LogP contribution in [0.25, 0.3) is 16.9 Å². The topological polar surface area (TPSA) is 74.9 Å². The molecule has 2 radical (unpaired) electrons. The highest BCUT2D eigenvalue weighted by molar-refractivity contribution is 6.36. The molecule has 0 atom stereocenters.